The highest BCUT2D eigenvalue weighted by atomic mass is 19.1. The van der Waals surface area contributed by atoms with E-state index in [1.54, 1.807) is 23.8 Å². The Hall–Kier alpha value is -2.71. The largest absolute Gasteiger partial charge is 0.384 e. The Morgan fingerprint density at radius 1 is 1.09 bits per heavy atom. The van der Waals surface area contributed by atoms with Gasteiger partial charge in [-0.1, -0.05) is 0 Å². The molecule has 0 radical (unpaired) electrons. The summed E-state index contributed by atoms with van der Waals surface area (Å²) in [5, 5.41) is 8.24. The third-order valence-corrected chi connectivity index (χ3v) is 8.28. The first-order valence-electron chi connectivity index (χ1n) is 11.9. The van der Waals surface area contributed by atoms with E-state index in [0.29, 0.717) is 6.54 Å². The molecule has 33 heavy (non-hydrogen) atoms. The van der Waals surface area contributed by atoms with Gasteiger partial charge in [0.05, 0.1) is 18.8 Å². The van der Waals surface area contributed by atoms with E-state index in [2.05, 4.69) is 5.32 Å². The molecule has 7 nitrogen and oxygen atoms in total. The van der Waals surface area contributed by atoms with Gasteiger partial charge in [-0.15, -0.1) is 0 Å². The van der Waals surface area contributed by atoms with E-state index < -0.39 is 0 Å². The average molecular weight is 452 g/mol. The average Bonchev–Trinajstić information content (AvgIpc) is 3.41. The molecule has 3 aromatic rings. The summed E-state index contributed by atoms with van der Waals surface area (Å²) in [5.41, 5.74) is 3.48. The number of halogens is 1. The molecule has 1 aliphatic heterocycles. The van der Waals surface area contributed by atoms with Gasteiger partial charge in [-0.3, -0.25) is 13.8 Å². The van der Waals surface area contributed by atoms with Crippen molar-refractivity contribution in [3.8, 4) is 16.9 Å². The molecule has 0 atom stereocenters. The summed E-state index contributed by atoms with van der Waals surface area (Å²) in [6, 6.07) is 6.36. The van der Waals surface area contributed by atoms with Crippen LogP contribution >= 0.6 is 0 Å². The van der Waals surface area contributed by atoms with E-state index >= 15 is 0 Å². The van der Waals surface area contributed by atoms with E-state index in [-0.39, 0.29) is 22.5 Å². The first-order valence-corrected chi connectivity index (χ1v) is 11.9. The molecule has 2 aromatic heterocycles. The Kier molecular flexibility index (Phi) is 4.85. The predicted octanol–water partition coefficient (Wildman–Crippen LogP) is 3.44. The highest BCUT2D eigenvalue weighted by Gasteiger charge is 2.50. The van der Waals surface area contributed by atoms with E-state index in [9.17, 15) is 9.18 Å². The number of ether oxygens (including phenoxy) is 1. The monoisotopic (exact) mass is 451 g/mol. The van der Waals surface area contributed by atoms with Crippen molar-refractivity contribution in [2.75, 3.05) is 20.3 Å². The van der Waals surface area contributed by atoms with Crippen LogP contribution in [0.3, 0.4) is 0 Å². The number of methoxy groups -OCH3 is 1. The molecular formula is C25H30FN5O2. The number of hydrogen-bond acceptors (Lipinski definition) is 4. The van der Waals surface area contributed by atoms with E-state index in [1.165, 1.54) is 12.1 Å². The number of aromatic nitrogens is 4. The smallest absolute Gasteiger partial charge is 0.333 e. The summed E-state index contributed by atoms with van der Waals surface area (Å²) in [4.78, 5) is 13.9. The Morgan fingerprint density at radius 2 is 1.82 bits per heavy atom. The third kappa shape index (κ3) is 3.22. The van der Waals surface area contributed by atoms with Gasteiger partial charge >= 0.3 is 5.69 Å². The first-order chi connectivity index (χ1) is 16.0. The molecule has 1 aromatic carbocycles. The second-order valence-corrected chi connectivity index (χ2v) is 10.0. The lowest BCUT2D eigenvalue weighted by Gasteiger charge is -2.53. The number of fused-ring (bicyclic) bond motifs is 4. The zero-order chi connectivity index (χ0) is 22.6. The first kappa shape index (κ1) is 20.9. The lowest BCUT2D eigenvalue weighted by molar-refractivity contribution is -0.0478. The Balaban J connectivity index is 1.43. The SMILES string of the molecule is COCC12CCC(n3ccn(-c4c(-c5ccc(F)cc5)nn5c4CNCC5)c3=O)(CC1)CC2. The van der Waals surface area contributed by atoms with Crippen LogP contribution in [0.2, 0.25) is 0 Å². The number of rotatable bonds is 5. The fourth-order valence-corrected chi connectivity index (χ4v) is 6.33. The quantitative estimate of drug-likeness (QED) is 0.646. The molecule has 0 amide bonds. The number of hydrogen-bond donors (Lipinski definition) is 1. The molecule has 0 unspecified atom stereocenters. The maximum Gasteiger partial charge on any atom is 0.333 e. The standard InChI is InChI=1S/C25H30FN5O2/c1-33-17-24-6-9-25(10-7-24,11-8-24)30-15-14-29(23(30)32)22-20-16-27-12-13-31(20)28-21(22)18-2-4-19(26)5-3-18/h2-5,14-15,27H,6-13,16-17H2,1H3. The third-order valence-electron chi connectivity index (χ3n) is 8.28. The molecule has 7 rings (SSSR count). The molecule has 8 heteroatoms. The molecular weight excluding hydrogens is 421 g/mol. The van der Waals surface area contributed by atoms with Crippen molar-refractivity contribution in [3.63, 3.8) is 0 Å². The summed E-state index contributed by atoms with van der Waals surface area (Å²) in [5.74, 6) is -0.285. The normalized spacial score (nSPS) is 26.5. The van der Waals surface area contributed by atoms with Crippen molar-refractivity contribution in [3.05, 3.63) is 58.7 Å². The molecule has 4 aliphatic rings. The summed E-state index contributed by atoms with van der Waals surface area (Å²) in [6.45, 7) is 3.03. The fourth-order valence-electron chi connectivity index (χ4n) is 6.33. The van der Waals surface area contributed by atoms with Crippen molar-refractivity contribution in [2.24, 2.45) is 5.41 Å². The zero-order valence-electron chi connectivity index (χ0n) is 19.0. The van der Waals surface area contributed by atoms with Gasteiger partial charge in [0.25, 0.3) is 0 Å². The summed E-state index contributed by atoms with van der Waals surface area (Å²) in [6.07, 6.45) is 10.2. The number of benzene rings is 1. The van der Waals surface area contributed by atoms with Crippen LogP contribution in [0.5, 0.6) is 0 Å². The molecule has 174 valence electrons. The van der Waals surface area contributed by atoms with Gasteiger partial charge in [-0.05, 0) is 68.2 Å². The maximum atomic E-state index is 13.9. The summed E-state index contributed by atoms with van der Waals surface area (Å²) < 4.78 is 24.8. The van der Waals surface area contributed by atoms with Crippen LogP contribution in [0.25, 0.3) is 16.9 Å². The summed E-state index contributed by atoms with van der Waals surface area (Å²) in [7, 11) is 1.79. The fraction of sp³-hybridized carbons (Fsp3) is 0.520. The van der Waals surface area contributed by atoms with Crippen LogP contribution in [0.4, 0.5) is 4.39 Å². The van der Waals surface area contributed by atoms with Gasteiger partial charge in [0.1, 0.15) is 17.2 Å². The van der Waals surface area contributed by atoms with Gasteiger partial charge < -0.3 is 10.1 Å². The lowest BCUT2D eigenvalue weighted by Crippen LogP contribution is -2.52. The van der Waals surface area contributed by atoms with Crippen molar-refractivity contribution in [1.82, 2.24) is 24.2 Å². The molecule has 2 bridgehead atoms. The second-order valence-electron chi connectivity index (χ2n) is 10.0. The van der Waals surface area contributed by atoms with E-state index in [1.807, 2.05) is 21.6 Å². The minimum atomic E-state index is -0.285. The molecule has 3 saturated carbocycles. The lowest BCUT2D eigenvalue weighted by atomic mass is 9.57. The molecule has 3 aliphatic carbocycles. The van der Waals surface area contributed by atoms with Crippen molar-refractivity contribution < 1.29 is 9.13 Å². The zero-order valence-corrected chi connectivity index (χ0v) is 19.0. The van der Waals surface area contributed by atoms with E-state index in [4.69, 9.17) is 9.84 Å². The van der Waals surface area contributed by atoms with Gasteiger partial charge in [0, 0.05) is 43.7 Å². The van der Waals surface area contributed by atoms with Crippen LogP contribution in [0.15, 0.2) is 41.5 Å². The van der Waals surface area contributed by atoms with Crippen LogP contribution in [0, 0.1) is 11.2 Å². The van der Waals surface area contributed by atoms with Gasteiger partial charge in [-0.2, -0.15) is 5.10 Å². The van der Waals surface area contributed by atoms with Crippen LogP contribution < -0.4 is 11.0 Å². The van der Waals surface area contributed by atoms with Crippen molar-refractivity contribution in [2.45, 2.75) is 57.2 Å². The highest BCUT2D eigenvalue weighted by molar-refractivity contribution is 5.71. The van der Waals surface area contributed by atoms with Crippen LogP contribution in [-0.2, 0) is 23.4 Å². The highest BCUT2D eigenvalue weighted by Crippen LogP contribution is 2.55. The van der Waals surface area contributed by atoms with Crippen LogP contribution in [-0.4, -0.2) is 39.2 Å². The Bertz CT molecular complexity index is 1210. The molecule has 1 N–H and O–H groups in total. The predicted molar refractivity (Wildman–Crippen MR) is 123 cm³/mol. The number of nitrogens with zero attached hydrogens (tertiary/aromatic N) is 4. The second kappa shape index (κ2) is 7.67. The van der Waals surface area contributed by atoms with Gasteiger partial charge in [-0.25, -0.2) is 9.18 Å². The molecule has 0 saturated heterocycles. The molecule has 3 fully saturated rings. The Labute approximate surface area is 192 Å². The minimum Gasteiger partial charge on any atom is -0.384 e. The number of nitrogens with one attached hydrogen (secondary N) is 1. The van der Waals surface area contributed by atoms with Gasteiger partial charge in [0.2, 0.25) is 0 Å². The van der Waals surface area contributed by atoms with Crippen molar-refractivity contribution in [1.29, 1.82) is 0 Å². The molecule has 0 spiro atoms. The summed E-state index contributed by atoms with van der Waals surface area (Å²) >= 11 is 0. The maximum absolute atomic E-state index is 13.9. The van der Waals surface area contributed by atoms with Gasteiger partial charge in [0.15, 0.2) is 0 Å². The molecule has 3 heterocycles. The minimum absolute atomic E-state index is 0.0131. The Morgan fingerprint density at radius 3 is 2.52 bits per heavy atom. The van der Waals surface area contributed by atoms with Crippen LogP contribution in [0.1, 0.15) is 44.2 Å². The number of imidazole rings is 1. The van der Waals surface area contributed by atoms with E-state index in [0.717, 1.165) is 80.9 Å². The van der Waals surface area contributed by atoms with Crippen molar-refractivity contribution >= 4 is 0 Å². The topological polar surface area (TPSA) is 66.0 Å².